The van der Waals surface area contributed by atoms with Gasteiger partial charge in [0.2, 0.25) is 0 Å². The summed E-state index contributed by atoms with van der Waals surface area (Å²) in [6, 6.07) is 130. The van der Waals surface area contributed by atoms with Crippen molar-refractivity contribution in [3.63, 3.8) is 0 Å². The normalized spacial score (nSPS) is 12.4. The Balaban J connectivity index is 0.000000103. The molecule has 0 N–H and O–H groups in total. The number of thiophene rings is 1. The van der Waals surface area contributed by atoms with E-state index < -0.39 is 0 Å². The smallest absolute Gasteiger partial charge is 0.137 e. The highest BCUT2D eigenvalue weighted by Gasteiger charge is 2.25. The van der Waals surface area contributed by atoms with Gasteiger partial charge in [-0.2, -0.15) is 0 Å². The molecule has 580 valence electrons. The van der Waals surface area contributed by atoms with Crippen molar-refractivity contribution in [2.24, 2.45) is 0 Å². The van der Waals surface area contributed by atoms with E-state index in [1.165, 1.54) is 191 Å². The third-order valence-electron chi connectivity index (χ3n) is 24.4. The van der Waals surface area contributed by atoms with E-state index >= 15 is 0 Å². The van der Waals surface area contributed by atoms with E-state index in [9.17, 15) is 0 Å². The van der Waals surface area contributed by atoms with Crippen LogP contribution in [0.4, 0.5) is 0 Å². The first-order valence-electron chi connectivity index (χ1n) is 41.7. The summed E-state index contributed by atoms with van der Waals surface area (Å²) in [4.78, 5) is 0. The zero-order chi connectivity index (χ0) is 81.4. The number of para-hydroxylation sites is 8. The molecular weight excluding hydrogens is 1460 g/mol. The van der Waals surface area contributed by atoms with Crippen LogP contribution in [-0.2, 0) is 21.7 Å². The highest BCUT2D eigenvalue weighted by atomic mass is 32.1. The van der Waals surface area contributed by atoms with Gasteiger partial charge in [0.1, 0.15) is 11.2 Å². The van der Waals surface area contributed by atoms with E-state index in [0.717, 1.165) is 11.2 Å². The molecule has 7 aromatic heterocycles. The lowest BCUT2D eigenvalue weighted by Gasteiger charge is -2.19. The number of hydrogen-bond donors (Lipinski definition) is 0. The molecule has 0 aliphatic carbocycles. The molecule has 6 nitrogen and oxygen atoms in total. The van der Waals surface area contributed by atoms with Gasteiger partial charge in [0.25, 0.3) is 0 Å². The maximum absolute atomic E-state index is 6.20. The van der Waals surface area contributed by atoms with Gasteiger partial charge in [-0.25, -0.2) is 0 Å². The molecule has 119 heavy (non-hydrogen) atoms. The molecule has 0 amide bonds. The zero-order valence-corrected chi connectivity index (χ0v) is 70.4. The molecule has 0 aliphatic heterocycles. The summed E-state index contributed by atoms with van der Waals surface area (Å²) < 4.78 is 20.8. The monoisotopic (exact) mass is 1560 g/mol. The zero-order valence-electron chi connectivity index (χ0n) is 69.6. The van der Waals surface area contributed by atoms with E-state index in [-0.39, 0.29) is 21.7 Å². The number of furan rings is 1. The average molecular weight is 1560 g/mol. The second-order valence-electron chi connectivity index (χ2n) is 36.1. The van der Waals surface area contributed by atoms with Gasteiger partial charge < -0.3 is 27.3 Å². The Morgan fingerprint density at radius 3 is 0.866 bits per heavy atom. The van der Waals surface area contributed by atoms with Crippen LogP contribution in [-0.4, -0.2) is 22.8 Å². The topological polar surface area (TPSA) is 37.8 Å². The fraction of sp³-hybridized carbons (Fsp3) is 0.143. The Bertz CT molecular complexity index is 7600. The lowest BCUT2D eigenvalue weighted by molar-refractivity contribution is 0.590. The largest absolute Gasteiger partial charge is 0.456 e. The van der Waals surface area contributed by atoms with Crippen molar-refractivity contribution in [2.75, 3.05) is 0 Å². The molecule has 23 aromatic rings. The minimum absolute atomic E-state index is 0.127. The summed E-state index contributed by atoms with van der Waals surface area (Å²) in [6.45, 7) is 27.1. The maximum atomic E-state index is 6.20. The number of benzene rings is 16. The van der Waals surface area contributed by atoms with Gasteiger partial charge in [-0.15, -0.1) is 11.3 Å². The van der Waals surface area contributed by atoms with E-state index in [0.29, 0.717) is 0 Å². The number of rotatable bonds is 5. The van der Waals surface area contributed by atoms with Gasteiger partial charge in [-0.1, -0.05) is 289 Å². The average Bonchev–Trinajstić information content (AvgIpc) is 1.56. The van der Waals surface area contributed by atoms with Gasteiger partial charge in [0, 0.05) is 119 Å². The maximum Gasteiger partial charge on any atom is 0.137 e. The third-order valence-corrected chi connectivity index (χ3v) is 25.5. The molecule has 0 atom stereocenters. The van der Waals surface area contributed by atoms with Gasteiger partial charge in [-0.05, 0) is 190 Å². The molecule has 0 spiro atoms. The summed E-state index contributed by atoms with van der Waals surface area (Å²) >= 11 is 1.88. The van der Waals surface area contributed by atoms with Crippen LogP contribution in [0.2, 0.25) is 0 Å². The van der Waals surface area contributed by atoms with Crippen molar-refractivity contribution < 1.29 is 4.42 Å². The minimum atomic E-state index is 0.127. The molecule has 7 heteroatoms. The van der Waals surface area contributed by atoms with E-state index in [2.05, 4.69) is 452 Å². The third kappa shape index (κ3) is 13.0. The predicted octanol–water partition coefficient (Wildman–Crippen LogP) is 31.7. The summed E-state index contributed by atoms with van der Waals surface area (Å²) in [5.74, 6) is 0. The molecule has 0 saturated heterocycles. The van der Waals surface area contributed by atoms with Crippen LogP contribution in [0.15, 0.2) is 362 Å². The summed E-state index contributed by atoms with van der Waals surface area (Å²) in [5.41, 5.74) is 26.2. The number of aromatic nitrogens is 5. The summed E-state index contributed by atoms with van der Waals surface area (Å²) in [5, 5.41) is 18.0. The lowest BCUT2D eigenvalue weighted by atomic mass is 9.86. The number of fused-ring (bicyclic) bond motifs is 21. The highest BCUT2D eigenvalue weighted by Crippen LogP contribution is 2.45. The molecule has 0 radical (unpaired) electrons. The van der Waals surface area contributed by atoms with Gasteiger partial charge >= 0.3 is 0 Å². The van der Waals surface area contributed by atoms with Crippen LogP contribution in [0, 0.1) is 0 Å². The van der Waals surface area contributed by atoms with Crippen LogP contribution in [0.5, 0.6) is 0 Å². The molecule has 7 heterocycles. The standard InChI is InChI=1S/C34H28N2.C28H23NO.C28H23NS.C22H21N/c1-34(2,3)23-17-19-25(20-18-23)36-31-16-10-8-14-27(31)29-21-28-26-13-7-9-15-30(26)35(32(28)22-33(29)36)24-11-5-4-6-12-24;2*1-28(2,3)18-12-14-19(15-13-18)29-24-10-6-4-8-20(24)22-16-23-21-9-5-7-11-26(21)30-27(23)17-25(22)29;1-22(2,3)16-13-14-21-19(15-16)18-11-7-8-12-20(18)23(21)17-9-5-4-6-10-17/h4-22H,1-3H3;2*4-17H,1-3H3;4-15H,1-3H3. The Labute approximate surface area is 698 Å². The predicted molar refractivity (Wildman–Crippen MR) is 512 cm³/mol. The Hall–Kier alpha value is -13.5. The van der Waals surface area contributed by atoms with Crippen molar-refractivity contribution in [2.45, 2.75) is 105 Å². The number of hydrogen-bond acceptors (Lipinski definition) is 2. The van der Waals surface area contributed by atoms with Crippen molar-refractivity contribution >= 4 is 162 Å². The van der Waals surface area contributed by atoms with Crippen LogP contribution in [0.3, 0.4) is 0 Å². The fourth-order valence-corrected chi connectivity index (χ4v) is 19.2. The van der Waals surface area contributed by atoms with E-state index in [4.69, 9.17) is 4.42 Å². The van der Waals surface area contributed by atoms with E-state index in [1.807, 2.05) is 23.5 Å². The molecule has 0 bridgehead atoms. The Kier molecular flexibility index (Phi) is 17.9. The fourth-order valence-electron chi connectivity index (χ4n) is 18.1. The van der Waals surface area contributed by atoms with Crippen molar-refractivity contribution in [3.8, 4) is 28.4 Å². The molecule has 16 aromatic carbocycles. The Morgan fingerprint density at radius 1 is 0.176 bits per heavy atom. The van der Waals surface area contributed by atoms with Gasteiger partial charge in [-0.3, -0.25) is 0 Å². The van der Waals surface area contributed by atoms with Crippen LogP contribution < -0.4 is 0 Å². The SMILES string of the molecule is CC(C)(C)c1ccc(-n2c3ccccc3c3cc4c(cc32)oc2ccccc24)cc1.CC(C)(C)c1ccc(-n2c3ccccc3c3cc4c(cc32)sc2ccccc24)cc1.CC(C)(C)c1ccc(-n2c3ccccc3c3cc4c5ccccc5n(-c5ccccc5)c4cc32)cc1.CC(C)(C)c1ccc2c(c1)c1ccccc1n2-c1ccccc1. The minimum Gasteiger partial charge on any atom is -0.456 e. The van der Waals surface area contributed by atoms with Crippen LogP contribution in [0.1, 0.15) is 105 Å². The lowest BCUT2D eigenvalue weighted by Crippen LogP contribution is -2.10. The van der Waals surface area contributed by atoms with Gasteiger partial charge in [0.05, 0.1) is 55.2 Å². The summed E-state index contributed by atoms with van der Waals surface area (Å²) in [6.07, 6.45) is 0. The summed E-state index contributed by atoms with van der Waals surface area (Å²) in [7, 11) is 0. The van der Waals surface area contributed by atoms with Crippen molar-refractivity contribution in [1.29, 1.82) is 0 Å². The number of nitrogens with zero attached hydrogens (tertiary/aromatic N) is 5. The molecule has 0 fully saturated rings. The van der Waals surface area contributed by atoms with Crippen molar-refractivity contribution in [1.82, 2.24) is 22.8 Å². The first-order valence-corrected chi connectivity index (χ1v) is 42.5. The molecule has 0 unspecified atom stereocenters. The molecule has 23 rings (SSSR count). The molecular formula is C112H95N5OS. The Morgan fingerprint density at radius 2 is 0.462 bits per heavy atom. The van der Waals surface area contributed by atoms with Crippen molar-refractivity contribution in [3.05, 3.63) is 380 Å². The molecule has 0 aliphatic rings. The van der Waals surface area contributed by atoms with Crippen LogP contribution in [0.25, 0.3) is 180 Å². The van der Waals surface area contributed by atoms with E-state index in [1.54, 1.807) is 0 Å². The van der Waals surface area contributed by atoms with Gasteiger partial charge in [0.15, 0.2) is 0 Å². The first kappa shape index (κ1) is 74.4. The highest BCUT2D eigenvalue weighted by molar-refractivity contribution is 7.25. The second kappa shape index (κ2) is 28.7. The van der Waals surface area contributed by atoms with Crippen LogP contribution >= 0.6 is 11.3 Å². The second-order valence-corrected chi connectivity index (χ2v) is 37.2. The first-order chi connectivity index (χ1) is 57.6. The quantitative estimate of drug-likeness (QED) is 0.169. The molecule has 0 saturated carbocycles.